The molecule has 0 saturated heterocycles. The van der Waals surface area contributed by atoms with Crippen molar-refractivity contribution < 1.29 is 9.47 Å². The fraction of sp³-hybridized carbons (Fsp3) is 0.333. The van der Waals surface area contributed by atoms with E-state index in [9.17, 15) is 0 Å². The van der Waals surface area contributed by atoms with Gasteiger partial charge in [-0.25, -0.2) is 9.97 Å². The highest BCUT2D eigenvalue weighted by molar-refractivity contribution is 5.57. The van der Waals surface area contributed by atoms with Gasteiger partial charge in [0.2, 0.25) is 5.95 Å². The third-order valence-electron chi connectivity index (χ3n) is 3.06. The molecule has 0 atom stereocenters. The second-order valence-electron chi connectivity index (χ2n) is 4.86. The first kappa shape index (κ1) is 16.9. The predicted molar refractivity (Wildman–Crippen MR) is 90.6 cm³/mol. The van der Waals surface area contributed by atoms with Gasteiger partial charge in [0.05, 0.1) is 13.2 Å². The summed E-state index contributed by atoms with van der Waals surface area (Å²) in [7, 11) is 1.65. The maximum Gasteiger partial charge on any atom is 0.233 e. The number of methoxy groups -OCH3 is 1. The SMILES string of the molecule is CC#Cc1cc(C)nc(N(COCCOC)c2ccccc2)n1. The Morgan fingerprint density at radius 2 is 1.91 bits per heavy atom. The van der Waals surface area contributed by atoms with Gasteiger partial charge in [-0.1, -0.05) is 24.1 Å². The monoisotopic (exact) mass is 311 g/mol. The zero-order chi connectivity index (χ0) is 16.5. The van der Waals surface area contributed by atoms with Crippen LogP contribution in [0.2, 0.25) is 0 Å². The van der Waals surface area contributed by atoms with Crippen LogP contribution in [0.4, 0.5) is 11.6 Å². The molecule has 1 aromatic heterocycles. The molecule has 0 amide bonds. The maximum absolute atomic E-state index is 5.67. The smallest absolute Gasteiger partial charge is 0.233 e. The molecule has 23 heavy (non-hydrogen) atoms. The molecule has 0 N–H and O–H groups in total. The van der Waals surface area contributed by atoms with E-state index in [0.29, 0.717) is 31.6 Å². The molecule has 0 aliphatic rings. The summed E-state index contributed by atoms with van der Waals surface area (Å²) in [5, 5.41) is 0. The second-order valence-corrected chi connectivity index (χ2v) is 4.86. The van der Waals surface area contributed by atoms with Gasteiger partial charge in [0, 0.05) is 18.5 Å². The molecule has 0 bridgehead atoms. The van der Waals surface area contributed by atoms with Crippen molar-refractivity contribution in [1.82, 2.24) is 9.97 Å². The molecule has 5 heteroatoms. The van der Waals surface area contributed by atoms with Crippen LogP contribution in [0.3, 0.4) is 0 Å². The quantitative estimate of drug-likeness (QED) is 0.447. The van der Waals surface area contributed by atoms with E-state index < -0.39 is 0 Å². The lowest BCUT2D eigenvalue weighted by molar-refractivity contribution is 0.0737. The summed E-state index contributed by atoms with van der Waals surface area (Å²) in [6, 6.07) is 11.8. The number of hydrogen-bond acceptors (Lipinski definition) is 5. The molecular formula is C18H21N3O2. The number of hydrogen-bond donors (Lipinski definition) is 0. The summed E-state index contributed by atoms with van der Waals surface area (Å²) in [6.07, 6.45) is 0. The third-order valence-corrected chi connectivity index (χ3v) is 3.06. The van der Waals surface area contributed by atoms with Gasteiger partial charge in [0.15, 0.2) is 0 Å². The minimum absolute atomic E-state index is 0.343. The Bertz CT molecular complexity index is 678. The maximum atomic E-state index is 5.67. The number of aryl methyl sites for hydroxylation is 1. The minimum atomic E-state index is 0.343. The first-order valence-electron chi connectivity index (χ1n) is 7.42. The van der Waals surface area contributed by atoms with Crippen LogP contribution < -0.4 is 4.90 Å². The van der Waals surface area contributed by atoms with Gasteiger partial charge in [0.1, 0.15) is 12.4 Å². The standard InChI is InChI=1S/C18H21N3O2/c1-4-8-16-13-15(2)19-18(20-16)21(14-23-12-11-22-3)17-9-6-5-7-10-17/h5-7,9-10,13H,11-12,14H2,1-3H3. The van der Waals surface area contributed by atoms with E-state index in [1.165, 1.54) is 0 Å². The summed E-state index contributed by atoms with van der Waals surface area (Å²) in [4.78, 5) is 11.0. The molecule has 1 heterocycles. The Hall–Kier alpha value is -2.42. The Balaban J connectivity index is 2.30. The third kappa shape index (κ3) is 5.06. The molecule has 0 unspecified atom stereocenters. The molecule has 0 radical (unpaired) electrons. The fourth-order valence-corrected chi connectivity index (χ4v) is 2.02. The van der Waals surface area contributed by atoms with Crippen molar-refractivity contribution in [3.8, 4) is 11.8 Å². The lowest BCUT2D eigenvalue weighted by Crippen LogP contribution is -2.24. The van der Waals surface area contributed by atoms with E-state index in [1.807, 2.05) is 48.2 Å². The largest absolute Gasteiger partial charge is 0.382 e. The molecule has 0 saturated carbocycles. The summed E-state index contributed by atoms with van der Waals surface area (Å²) in [6.45, 7) is 5.12. The van der Waals surface area contributed by atoms with Gasteiger partial charge in [0.25, 0.3) is 0 Å². The van der Waals surface area contributed by atoms with Gasteiger partial charge < -0.3 is 9.47 Å². The van der Waals surface area contributed by atoms with Gasteiger partial charge in [-0.2, -0.15) is 0 Å². The van der Waals surface area contributed by atoms with Gasteiger partial charge >= 0.3 is 0 Å². The highest BCUT2D eigenvalue weighted by atomic mass is 16.5. The summed E-state index contributed by atoms with van der Waals surface area (Å²) in [5.74, 6) is 6.43. The lowest BCUT2D eigenvalue weighted by atomic mass is 10.3. The van der Waals surface area contributed by atoms with E-state index in [0.717, 1.165) is 11.4 Å². The molecule has 2 aromatic rings. The summed E-state index contributed by atoms with van der Waals surface area (Å²) < 4.78 is 10.7. The molecule has 0 aliphatic heterocycles. The topological polar surface area (TPSA) is 47.5 Å². The van der Waals surface area contributed by atoms with Crippen LogP contribution in [-0.2, 0) is 9.47 Å². The molecule has 0 aliphatic carbocycles. The van der Waals surface area contributed by atoms with E-state index in [2.05, 4.69) is 21.8 Å². The Morgan fingerprint density at radius 1 is 1.13 bits per heavy atom. The van der Waals surface area contributed by atoms with Crippen LogP contribution in [0.5, 0.6) is 0 Å². The van der Waals surface area contributed by atoms with Gasteiger partial charge in [-0.05, 0) is 38.0 Å². The molecule has 5 nitrogen and oxygen atoms in total. The average Bonchev–Trinajstić information content (AvgIpc) is 2.55. The highest BCUT2D eigenvalue weighted by Gasteiger charge is 2.13. The van der Waals surface area contributed by atoms with E-state index in [1.54, 1.807) is 14.0 Å². The molecule has 0 fully saturated rings. The van der Waals surface area contributed by atoms with Gasteiger partial charge in [-0.3, -0.25) is 4.90 Å². The van der Waals surface area contributed by atoms with Crippen LogP contribution in [0, 0.1) is 18.8 Å². The van der Waals surface area contributed by atoms with Crippen molar-refractivity contribution in [3.05, 3.63) is 47.8 Å². The van der Waals surface area contributed by atoms with E-state index >= 15 is 0 Å². The first-order valence-corrected chi connectivity index (χ1v) is 7.42. The number of ether oxygens (including phenoxy) is 2. The molecular weight excluding hydrogens is 290 g/mol. The Labute approximate surface area is 137 Å². The highest BCUT2D eigenvalue weighted by Crippen LogP contribution is 2.22. The zero-order valence-corrected chi connectivity index (χ0v) is 13.7. The lowest BCUT2D eigenvalue weighted by Gasteiger charge is -2.23. The summed E-state index contributed by atoms with van der Waals surface area (Å²) in [5.41, 5.74) is 2.53. The average molecular weight is 311 g/mol. The van der Waals surface area contributed by atoms with Crippen molar-refractivity contribution in [2.45, 2.75) is 13.8 Å². The molecule has 0 spiro atoms. The van der Waals surface area contributed by atoms with Crippen molar-refractivity contribution in [3.63, 3.8) is 0 Å². The van der Waals surface area contributed by atoms with Crippen molar-refractivity contribution >= 4 is 11.6 Å². The number of anilines is 2. The number of benzene rings is 1. The fourth-order valence-electron chi connectivity index (χ4n) is 2.02. The van der Waals surface area contributed by atoms with Crippen LogP contribution in [0.1, 0.15) is 18.3 Å². The Kier molecular flexibility index (Phi) is 6.55. The molecule has 120 valence electrons. The minimum Gasteiger partial charge on any atom is -0.382 e. The van der Waals surface area contributed by atoms with Crippen LogP contribution in [0.25, 0.3) is 0 Å². The molecule has 1 aromatic carbocycles. The van der Waals surface area contributed by atoms with Crippen LogP contribution >= 0.6 is 0 Å². The van der Waals surface area contributed by atoms with E-state index in [4.69, 9.17) is 9.47 Å². The van der Waals surface area contributed by atoms with Crippen molar-refractivity contribution in [2.24, 2.45) is 0 Å². The predicted octanol–water partition coefficient (Wildman–Crippen LogP) is 2.92. The normalized spacial score (nSPS) is 10.0. The van der Waals surface area contributed by atoms with Crippen molar-refractivity contribution in [1.29, 1.82) is 0 Å². The number of nitrogens with zero attached hydrogens (tertiary/aromatic N) is 3. The first-order chi connectivity index (χ1) is 11.2. The number of para-hydroxylation sites is 1. The van der Waals surface area contributed by atoms with Crippen LogP contribution in [0.15, 0.2) is 36.4 Å². The van der Waals surface area contributed by atoms with Crippen molar-refractivity contribution in [2.75, 3.05) is 32.0 Å². The second kappa shape index (κ2) is 8.89. The number of rotatable bonds is 7. The molecule has 2 rings (SSSR count). The summed E-state index contributed by atoms with van der Waals surface area (Å²) >= 11 is 0. The zero-order valence-electron chi connectivity index (χ0n) is 13.7. The number of aromatic nitrogens is 2. The van der Waals surface area contributed by atoms with E-state index in [-0.39, 0.29) is 0 Å². The van der Waals surface area contributed by atoms with Crippen LogP contribution in [-0.4, -0.2) is 37.0 Å². The Morgan fingerprint density at radius 3 is 2.61 bits per heavy atom. The van der Waals surface area contributed by atoms with Gasteiger partial charge in [-0.15, -0.1) is 0 Å².